The Morgan fingerprint density at radius 3 is 1.86 bits per heavy atom. The summed E-state index contributed by atoms with van der Waals surface area (Å²) >= 11 is 11.0. The fourth-order valence-corrected chi connectivity index (χ4v) is 2.01. The van der Waals surface area contributed by atoms with Crippen molar-refractivity contribution in [3.63, 3.8) is 0 Å². The predicted molar refractivity (Wildman–Crippen MR) is 43.0 cm³/mol. The zero-order valence-electron chi connectivity index (χ0n) is 7.66. The van der Waals surface area contributed by atoms with Gasteiger partial charge in [-0.25, -0.2) is 0 Å². The van der Waals surface area contributed by atoms with Crippen molar-refractivity contribution in [3.05, 3.63) is 28.2 Å². The maximum atomic E-state index is 10.5. The molecule has 0 saturated heterocycles. The minimum atomic E-state index is -4.80. The van der Waals surface area contributed by atoms with Gasteiger partial charge in [0.25, 0.3) is 0 Å². The third kappa shape index (κ3) is 4.96. The van der Waals surface area contributed by atoms with E-state index in [0.29, 0.717) is 0 Å². The molecule has 1 aromatic rings. The van der Waals surface area contributed by atoms with Gasteiger partial charge in [-0.2, -0.15) is 0 Å². The molecule has 0 heterocycles. The van der Waals surface area contributed by atoms with Gasteiger partial charge in [-0.1, -0.05) is 29.3 Å². The molecule has 14 heavy (non-hydrogen) atoms. The maximum Gasteiger partial charge on any atom is 1.00 e. The zero-order valence-corrected chi connectivity index (χ0v) is 14.1. The first kappa shape index (κ1) is 18.5. The summed E-state index contributed by atoms with van der Waals surface area (Å²) in [6.45, 7) is 0. The topological polar surface area (TPSA) is 69.2 Å². The summed E-state index contributed by atoms with van der Waals surface area (Å²) in [5.41, 5.74) is 0. The smallest absolute Gasteiger partial charge is 0.683 e. The standard InChI is InChI=1S/C6H5Cl2O3P.2Na/c7-4-2-1-3-5(6(4)8)12(9,10)11;;/h1-3H,(H2,9,10,11);;/q;2*+1/p-2. The van der Waals surface area contributed by atoms with Crippen LogP contribution in [0.4, 0.5) is 0 Å². The fraction of sp³-hybridized carbons (Fsp3) is 0. The van der Waals surface area contributed by atoms with Crippen molar-refractivity contribution in [3.8, 4) is 0 Å². The van der Waals surface area contributed by atoms with Gasteiger partial charge >= 0.3 is 59.1 Å². The first-order valence-electron chi connectivity index (χ1n) is 2.89. The number of halogens is 2. The average molecular weight is 271 g/mol. The van der Waals surface area contributed by atoms with Crippen molar-refractivity contribution in [2.24, 2.45) is 0 Å². The van der Waals surface area contributed by atoms with Gasteiger partial charge in [0.1, 0.15) is 5.02 Å². The van der Waals surface area contributed by atoms with Gasteiger partial charge in [0, 0.05) is 0 Å². The molecule has 0 aliphatic heterocycles. The van der Waals surface area contributed by atoms with Crippen LogP contribution in [0.25, 0.3) is 0 Å². The summed E-state index contributed by atoms with van der Waals surface area (Å²) in [6.07, 6.45) is 0. The van der Waals surface area contributed by atoms with E-state index >= 15 is 0 Å². The Bertz CT molecular complexity index is 306. The molecule has 8 heteroatoms. The summed E-state index contributed by atoms with van der Waals surface area (Å²) in [4.78, 5) is 31.6. The van der Waals surface area contributed by atoms with E-state index in [1.54, 1.807) is 0 Å². The Morgan fingerprint density at radius 1 is 1.00 bits per heavy atom. The summed E-state index contributed by atoms with van der Waals surface area (Å²) in [7, 11) is -4.80. The van der Waals surface area contributed by atoms with E-state index in [2.05, 4.69) is 0 Å². The Hall–Kier alpha value is 2.11. The van der Waals surface area contributed by atoms with Crippen molar-refractivity contribution >= 4 is 36.4 Å². The van der Waals surface area contributed by atoms with Crippen LogP contribution in [0.15, 0.2) is 18.2 Å². The van der Waals surface area contributed by atoms with E-state index < -0.39 is 13.2 Å². The largest absolute Gasteiger partial charge is 1.00 e. The van der Waals surface area contributed by atoms with Gasteiger partial charge in [0.2, 0.25) is 0 Å². The number of hydrogen-bond acceptors (Lipinski definition) is 3. The molecule has 1 rings (SSSR count). The predicted octanol–water partition coefficient (Wildman–Crippen LogP) is -6.53. The third-order valence-electron chi connectivity index (χ3n) is 1.23. The van der Waals surface area contributed by atoms with Crippen molar-refractivity contribution in [2.45, 2.75) is 0 Å². The minimum Gasteiger partial charge on any atom is -0.683 e. The molecule has 0 amide bonds. The van der Waals surface area contributed by atoms with E-state index in [4.69, 9.17) is 23.2 Å². The molecular formula is C6H3Cl2Na2O3P. The summed E-state index contributed by atoms with van der Waals surface area (Å²) < 4.78 is 0. The van der Waals surface area contributed by atoms with Crippen LogP contribution in [-0.2, 0) is 0 Å². The maximum absolute atomic E-state index is 10.5. The van der Waals surface area contributed by atoms with E-state index in [1.165, 1.54) is 12.1 Å². The molecular weight excluding hydrogens is 268 g/mol. The monoisotopic (exact) mass is 270 g/mol. The first-order valence-corrected chi connectivity index (χ1v) is 5.19. The second kappa shape index (κ2) is 7.44. The van der Waals surface area contributed by atoms with E-state index in [9.17, 15) is 14.7 Å². The molecule has 66 valence electrons. The minimum absolute atomic E-state index is 0. The van der Waals surface area contributed by atoms with Gasteiger partial charge in [-0.15, -0.1) is 7.94 Å². The van der Waals surface area contributed by atoms with Crippen LogP contribution >= 0.6 is 31.1 Å². The molecule has 0 fully saturated rings. The molecule has 0 saturated carbocycles. The number of hydrogen-bond donors (Lipinski definition) is 0. The van der Waals surface area contributed by atoms with Crippen LogP contribution in [-0.4, -0.2) is 0 Å². The second-order valence-electron chi connectivity index (χ2n) is 2.07. The molecule has 0 aromatic heterocycles. The van der Waals surface area contributed by atoms with Crippen LogP contribution in [0.5, 0.6) is 0 Å². The Balaban J connectivity index is 0. The fourth-order valence-electron chi connectivity index (χ4n) is 0.704. The van der Waals surface area contributed by atoms with Crippen LogP contribution in [0.1, 0.15) is 0 Å². The molecule has 0 aliphatic carbocycles. The van der Waals surface area contributed by atoms with Crippen LogP contribution in [0, 0.1) is 0 Å². The van der Waals surface area contributed by atoms with E-state index in [0.717, 1.165) is 6.07 Å². The Labute approximate surface area is 137 Å². The van der Waals surface area contributed by atoms with Gasteiger partial charge in [-0.3, -0.25) is 0 Å². The van der Waals surface area contributed by atoms with Gasteiger partial charge in [0.05, 0.1) is 10.3 Å². The molecule has 0 spiro atoms. The van der Waals surface area contributed by atoms with Crippen molar-refractivity contribution in [1.29, 1.82) is 0 Å². The van der Waals surface area contributed by atoms with Crippen LogP contribution < -0.4 is 79.1 Å². The number of benzene rings is 1. The second-order valence-corrected chi connectivity index (χ2v) is 4.33. The third-order valence-corrected chi connectivity index (χ3v) is 3.14. The van der Waals surface area contributed by atoms with Crippen LogP contribution in [0.3, 0.4) is 0 Å². The molecule has 1 aromatic carbocycles. The molecule has 3 nitrogen and oxygen atoms in total. The normalized spacial score (nSPS) is 10.1. The quantitative estimate of drug-likeness (QED) is 0.377. The van der Waals surface area contributed by atoms with Gasteiger partial charge in [0.15, 0.2) is 0 Å². The average Bonchev–Trinajstić information content (AvgIpc) is 1.92. The van der Waals surface area contributed by atoms with Crippen molar-refractivity contribution < 1.29 is 73.8 Å². The molecule has 0 aliphatic rings. The molecule has 0 bridgehead atoms. The van der Waals surface area contributed by atoms with Crippen molar-refractivity contribution in [2.75, 3.05) is 0 Å². The Morgan fingerprint density at radius 2 is 1.50 bits per heavy atom. The van der Waals surface area contributed by atoms with E-state index in [-0.39, 0.29) is 69.2 Å². The summed E-state index contributed by atoms with van der Waals surface area (Å²) in [5.74, 6) is 0. The van der Waals surface area contributed by atoms with Gasteiger partial charge in [-0.05, 0) is 12.1 Å². The Kier molecular flexibility index (Phi) is 9.82. The van der Waals surface area contributed by atoms with Crippen molar-refractivity contribution in [1.82, 2.24) is 0 Å². The molecule has 0 N–H and O–H groups in total. The van der Waals surface area contributed by atoms with Gasteiger partial charge < -0.3 is 14.7 Å². The molecule has 0 atom stereocenters. The molecule has 0 unspecified atom stereocenters. The first-order chi connectivity index (χ1) is 5.43. The number of rotatable bonds is 1. The molecule has 0 radical (unpaired) electrons. The SMILES string of the molecule is [Na+].[Na+].[O-][P+]([O-])([O-])c1cccc(Cl)c1Cl. The zero-order chi connectivity index (χ0) is 9.35. The summed E-state index contributed by atoms with van der Waals surface area (Å²) in [5, 5.41) is -0.620. The van der Waals surface area contributed by atoms with Crippen LogP contribution in [0.2, 0.25) is 10.0 Å². The summed E-state index contributed by atoms with van der Waals surface area (Å²) in [6, 6.07) is 3.88. The van der Waals surface area contributed by atoms with E-state index in [1.807, 2.05) is 0 Å².